The predicted molar refractivity (Wildman–Crippen MR) is 96.8 cm³/mol. The molecule has 4 rings (SSSR count). The summed E-state index contributed by atoms with van der Waals surface area (Å²) in [5.74, 6) is 0.660. The Bertz CT molecular complexity index is 854. The number of aryl methyl sites for hydroxylation is 1. The number of ether oxygens (including phenoxy) is 1. The summed E-state index contributed by atoms with van der Waals surface area (Å²) in [5.41, 5.74) is 4.09. The Labute approximate surface area is 146 Å². The highest BCUT2D eigenvalue weighted by Gasteiger charge is 2.15. The molecular formula is C19H21N5O. The summed E-state index contributed by atoms with van der Waals surface area (Å²) in [6, 6.07) is 10.5. The largest absolute Gasteiger partial charge is 0.381 e. The van der Waals surface area contributed by atoms with Crippen molar-refractivity contribution in [3.05, 3.63) is 54.5 Å². The van der Waals surface area contributed by atoms with Gasteiger partial charge >= 0.3 is 0 Å². The fourth-order valence-corrected chi connectivity index (χ4v) is 3.02. The van der Waals surface area contributed by atoms with E-state index in [1.807, 2.05) is 35.3 Å². The molecule has 2 aromatic heterocycles. The van der Waals surface area contributed by atoms with E-state index in [-0.39, 0.29) is 0 Å². The van der Waals surface area contributed by atoms with Gasteiger partial charge in [0.05, 0.1) is 17.6 Å². The molecule has 0 amide bonds. The monoisotopic (exact) mass is 335 g/mol. The lowest BCUT2D eigenvalue weighted by Gasteiger charge is -2.23. The third kappa shape index (κ3) is 3.53. The van der Waals surface area contributed by atoms with Crippen LogP contribution in [-0.2, 0) is 4.74 Å². The van der Waals surface area contributed by atoms with Crippen LogP contribution < -0.4 is 5.32 Å². The van der Waals surface area contributed by atoms with E-state index in [4.69, 9.17) is 4.74 Å². The molecule has 128 valence electrons. The highest BCUT2D eigenvalue weighted by atomic mass is 16.5. The zero-order valence-corrected chi connectivity index (χ0v) is 14.2. The van der Waals surface area contributed by atoms with Crippen molar-refractivity contribution in [1.82, 2.24) is 19.7 Å². The van der Waals surface area contributed by atoms with Gasteiger partial charge in [-0.05, 0) is 37.5 Å². The molecule has 6 heteroatoms. The minimum absolute atomic E-state index is 0.374. The van der Waals surface area contributed by atoms with Crippen LogP contribution in [0, 0.1) is 6.92 Å². The lowest BCUT2D eigenvalue weighted by atomic mass is 10.1. The molecule has 1 fully saturated rings. The van der Waals surface area contributed by atoms with Gasteiger partial charge in [-0.1, -0.05) is 18.2 Å². The van der Waals surface area contributed by atoms with Crippen LogP contribution in [-0.4, -0.2) is 39.0 Å². The Morgan fingerprint density at radius 1 is 1.16 bits per heavy atom. The van der Waals surface area contributed by atoms with E-state index in [9.17, 15) is 0 Å². The molecule has 0 atom stereocenters. The van der Waals surface area contributed by atoms with Gasteiger partial charge in [-0.25, -0.2) is 14.6 Å². The van der Waals surface area contributed by atoms with Crippen molar-refractivity contribution in [1.29, 1.82) is 0 Å². The van der Waals surface area contributed by atoms with Crippen LogP contribution in [0.5, 0.6) is 0 Å². The smallest absolute Gasteiger partial charge is 0.223 e. The topological polar surface area (TPSA) is 64.9 Å². The maximum atomic E-state index is 5.39. The van der Waals surface area contributed by atoms with Crippen LogP contribution in [0.15, 0.2) is 48.9 Å². The SMILES string of the molecule is Cc1ccccc1-n1cc(-c2ccnc(NC3CCOCC3)n2)cn1. The zero-order chi connectivity index (χ0) is 17.1. The zero-order valence-electron chi connectivity index (χ0n) is 14.2. The third-order valence-electron chi connectivity index (χ3n) is 4.45. The maximum absolute atomic E-state index is 5.39. The molecule has 3 heterocycles. The standard InChI is InChI=1S/C19H21N5O/c1-14-4-2-3-5-18(14)24-13-15(12-21-24)17-6-9-20-19(23-17)22-16-7-10-25-11-8-16/h2-6,9,12-13,16H,7-8,10-11H2,1H3,(H,20,22,23). The molecule has 1 aliphatic heterocycles. The molecule has 3 aromatic rings. The number of nitrogens with one attached hydrogen (secondary N) is 1. The third-order valence-corrected chi connectivity index (χ3v) is 4.45. The van der Waals surface area contributed by atoms with Crippen LogP contribution >= 0.6 is 0 Å². The first-order valence-electron chi connectivity index (χ1n) is 8.58. The second-order valence-electron chi connectivity index (χ2n) is 6.26. The number of hydrogen-bond acceptors (Lipinski definition) is 5. The average Bonchev–Trinajstić information content (AvgIpc) is 3.13. The Hall–Kier alpha value is -2.73. The summed E-state index contributed by atoms with van der Waals surface area (Å²) in [7, 11) is 0. The second kappa shape index (κ2) is 7.03. The lowest BCUT2D eigenvalue weighted by Crippen LogP contribution is -2.28. The highest BCUT2D eigenvalue weighted by Crippen LogP contribution is 2.21. The van der Waals surface area contributed by atoms with Gasteiger partial charge in [0.15, 0.2) is 0 Å². The maximum Gasteiger partial charge on any atom is 0.223 e. The second-order valence-corrected chi connectivity index (χ2v) is 6.26. The number of nitrogens with zero attached hydrogens (tertiary/aromatic N) is 4. The lowest BCUT2D eigenvalue weighted by molar-refractivity contribution is 0.0903. The number of aromatic nitrogens is 4. The van der Waals surface area contributed by atoms with Crippen LogP contribution in [0.2, 0.25) is 0 Å². The van der Waals surface area contributed by atoms with E-state index in [0.29, 0.717) is 12.0 Å². The summed E-state index contributed by atoms with van der Waals surface area (Å²) in [4.78, 5) is 9.00. The molecule has 1 saturated heterocycles. The van der Waals surface area contributed by atoms with Crippen LogP contribution in [0.1, 0.15) is 18.4 Å². The predicted octanol–water partition coefficient (Wildman–Crippen LogP) is 3.23. The van der Waals surface area contributed by atoms with Crippen molar-refractivity contribution in [3.63, 3.8) is 0 Å². The number of anilines is 1. The van der Waals surface area contributed by atoms with Gasteiger partial charge in [0.2, 0.25) is 5.95 Å². The number of para-hydroxylation sites is 1. The van der Waals surface area contributed by atoms with E-state index >= 15 is 0 Å². The molecule has 0 saturated carbocycles. The Morgan fingerprint density at radius 2 is 2.00 bits per heavy atom. The van der Waals surface area contributed by atoms with Crippen molar-refractivity contribution >= 4 is 5.95 Å². The van der Waals surface area contributed by atoms with Gasteiger partial charge in [0, 0.05) is 37.2 Å². The van der Waals surface area contributed by atoms with E-state index in [2.05, 4.69) is 39.4 Å². The Balaban J connectivity index is 1.56. The van der Waals surface area contributed by atoms with Crippen molar-refractivity contribution in [2.24, 2.45) is 0 Å². The summed E-state index contributed by atoms with van der Waals surface area (Å²) in [6.07, 6.45) is 7.60. The fraction of sp³-hybridized carbons (Fsp3) is 0.316. The van der Waals surface area contributed by atoms with Gasteiger partial charge in [-0.2, -0.15) is 5.10 Å². The molecule has 0 unspecified atom stereocenters. The quantitative estimate of drug-likeness (QED) is 0.793. The Morgan fingerprint density at radius 3 is 2.84 bits per heavy atom. The molecule has 1 aliphatic rings. The van der Waals surface area contributed by atoms with Crippen LogP contribution in [0.25, 0.3) is 16.9 Å². The molecular weight excluding hydrogens is 314 g/mol. The van der Waals surface area contributed by atoms with Gasteiger partial charge in [0.25, 0.3) is 0 Å². The van der Waals surface area contributed by atoms with Crippen molar-refractivity contribution < 1.29 is 4.74 Å². The van der Waals surface area contributed by atoms with Gasteiger partial charge in [-0.15, -0.1) is 0 Å². The average molecular weight is 335 g/mol. The summed E-state index contributed by atoms with van der Waals surface area (Å²) in [5, 5.41) is 7.90. The van der Waals surface area contributed by atoms with E-state index < -0.39 is 0 Å². The van der Waals surface area contributed by atoms with Gasteiger partial charge < -0.3 is 10.1 Å². The van der Waals surface area contributed by atoms with Crippen molar-refractivity contribution in [3.8, 4) is 16.9 Å². The molecule has 0 bridgehead atoms. The summed E-state index contributed by atoms with van der Waals surface area (Å²) in [6.45, 7) is 3.67. The first-order chi connectivity index (χ1) is 12.3. The molecule has 1 aromatic carbocycles. The van der Waals surface area contributed by atoms with E-state index in [0.717, 1.165) is 43.0 Å². The van der Waals surface area contributed by atoms with Gasteiger partial charge in [0.1, 0.15) is 0 Å². The van der Waals surface area contributed by atoms with E-state index in [1.54, 1.807) is 6.20 Å². The van der Waals surface area contributed by atoms with E-state index in [1.165, 1.54) is 5.56 Å². The van der Waals surface area contributed by atoms with Crippen molar-refractivity contribution in [2.45, 2.75) is 25.8 Å². The Kier molecular flexibility index (Phi) is 4.43. The van der Waals surface area contributed by atoms with Gasteiger partial charge in [-0.3, -0.25) is 0 Å². The summed E-state index contributed by atoms with van der Waals surface area (Å²) < 4.78 is 7.28. The number of hydrogen-bond donors (Lipinski definition) is 1. The van der Waals surface area contributed by atoms with Crippen molar-refractivity contribution in [2.75, 3.05) is 18.5 Å². The molecule has 0 radical (unpaired) electrons. The number of benzene rings is 1. The van der Waals surface area contributed by atoms with Crippen LogP contribution in [0.3, 0.4) is 0 Å². The minimum Gasteiger partial charge on any atom is -0.381 e. The molecule has 1 N–H and O–H groups in total. The molecule has 0 aliphatic carbocycles. The minimum atomic E-state index is 0.374. The molecule has 25 heavy (non-hydrogen) atoms. The highest BCUT2D eigenvalue weighted by molar-refractivity contribution is 5.59. The summed E-state index contributed by atoms with van der Waals surface area (Å²) >= 11 is 0. The normalized spacial score (nSPS) is 15.2. The first-order valence-corrected chi connectivity index (χ1v) is 8.58. The molecule has 0 spiro atoms. The molecule has 6 nitrogen and oxygen atoms in total. The first kappa shape index (κ1) is 15.8. The number of rotatable bonds is 4. The van der Waals surface area contributed by atoms with Crippen LogP contribution in [0.4, 0.5) is 5.95 Å². The fourth-order valence-electron chi connectivity index (χ4n) is 3.02.